The van der Waals surface area contributed by atoms with Gasteiger partial charge in [-0.25, -0.2) is 4.72 Å². The van der Waals surface area contributed by atoms with Gasteiger partial charge in [-0.3, -0.25) is 4.79 Å². The summed E-state index contributed by atoms with van der Waals surface area (Å²) >= 11 is 0. The lowest BCUT2D eigenvalue weighted by Gasteiger charge is -2.34. The van der Waals surface area contributed by atoms with Crippen LogP contribution in [0.15, 0.2) is 0 Å². The number of hydrogen-bond donors (Lipinski definition) is 1. The van der Waals surface area contributed by atoms with Gasteiger partial charge in [0.1, 0.15) is 0 Å². The van der Waals surface area contributed by atoms with Gasteiger partial charge in [-0.05, 0) is 27.7 Å². The van der Waals surface area contributed by atoms with E-state index in [4.69, 9.17) is 9.47 Å². The van der Waals surface area contributed by atoms with Crippen molar-refractivity contribution in [3.63, 3.8) is 0 Å². The van der Waals surface area contributed by atoms with E-state index >= 15 is 0 Å². The van der Waals surface area contributed by atoms with E-state index in [1.807, 2.05) is 13.8 Å². The van der Waals surface area contributed by atoms with E-state index in [9.17, 15) is 13.2 Å². The largest absolute Gasteiger partial charge is 0.463 e. The highest BCUT2D eigenvalue weighted by atomic mass is 32.2. The first-order chi connectivity index (χ1) is 9.20. The van der Waals surface area contributed by atoms with Crippen LogP contribution >= 0.6 is 0 Å². The maximum atomic E-state index is 12.1. The number of nitrogens with zero attached hydrogens (tertiary/aromatic N) is 1. The second kappa shape index (κ2) is 7.35. The first-order valence-electron chi connectivity index (χ1n) is 6.80. The quantitative estimate of drug-likeness (QED) is 0.712. The minimum atomic E-state index is -3.58. The zero-order valence-corrected chi connectivity index (χ0v) is 13.3. The molecular formula is C12H24N2O5S. The average molecular weight is 308 g/mol. The van der Waals surface area contributed by atoms with Crippen molar-refractivity contribution >= 4 is 16.2 Å². The van der Waals surface area contributed by atoms with Gasteiger partial charge in [0.05, 0.1) is 24.7 Å². The maximum Gasteiger partial charge on any atom is 0.307 e. The number of esters is 1. The highest BCUT2D eigenvalue weighted by molar-refractivity contribution is 7.87. The summed E-state index contributed by atoms with van der Waals surface area (Å²) in [5, 5.41) is 0. The molecule has 0 unspecified atom stereocenters. The molecule has 0 aliphatic carbocycles. The lowest BCUT2D eigenvalue weighted by molar-refractivity contribution is -0.147. The van der Waals surface area contributed by atoms with Crippen molar-refractivity contribution in [2.45, 2.75) is 52.4 Å². The Morgan fingerprint density at radius 2 is 1.90 bits per heavy atom. The van der Waals surface area contributed by atoms with E-state index in [-0.39, 0.29) is 31.3 Å². The summed E-state index contributed by atoms with van der Waals surface area (Å²) in [7, 11) is -3.58. The number of morpholine rings is 1. The monoisotopic (exact) mass is 308 g/mol. The fourth-order valence-electron chi connectivity index (χ4n) is 2.02. The number of hydrogen-bond acceptors (Lipinski definition) is 5. The van der Waals surface area contributed by atoms with Gasteiger partial charge < -0.3 is 9.47 Å². The predicted molar refractivity (Wildman–Crippen MR) is 74.3 cm³/mol. The van der Waals surface area contributed by atoms with Gasteiger partial charge in [-0.1, -0.05) is 0 Å². The summed E-state index contributed by atoms with van der Waals surface area (Å²) in [6, 6.07) is 0. The summed E-state index contributed by atoms with van der Waals surface area (Å²) in [6.45, 7) is 7.83. The van der Waals surface area contributed by atoms with E-state index in [2.05, 4.69) is 4.72 Å². The molecule has 1 aliphatic heterocycles. The molecule has 0 aromatic rings. The summed E-state index contributed by atoms with van der Waals surface area (Å²) in [4.78, 5) is 11.3. The van der Waals surface area contributed by atoms with Crippen LogP contribution in [0.1, 0.15) is 34.1 Å². The molecule has 0 aromatic carbocycles. The van der Waals surface area contributed by atoms with Gasteiger partial charge in [0.25, 0.3) is 10.2 Å². The molecule has 1 rings (SSSR count). The number of nitrogens with one attached hydrogen (secondary N) is 1. The molecule has 0 saturated carbocycles. The Bertz CT molecular complexity index is 414. The lowest BCUT2D eigenvalue weighted by Crippen LogP contribution is -2.52. The van der Waals surface area contributed by atoms with Gasteiger partial charge in [0, 0.05) is 19.6 Å². The molecule has 0 amide bonds. The molecule has 1 fully saturated rings. The average Bonchev–Trinajstić information content (AvgIpc) is 2.26. The molecule has 7 nitrogen and oxygen atoms in total. The summed E-state index contributed by atoms with van der Waals surface area (Å²) in [6.07, 6.45) is -0.449. The fraction of sp³-hybridized carbons (Fsp3) is 0.917. The summed E-state index contributed by atoms with van der Waals surface area (Å²) in [5.41, 5.74) is 0. The molecule has 0 aromatic heterocycles. The van der Waals surface area contributed by atoms with Crippen LogP contribution in [-0.2, 0) is 24.5 Å². The highest BCUT2D eigenvalue weighted by Gasteiger charge is 2.30. The minimum Gasteiger partial charge on any atom is -0.463 e. The van der Waals surface area contributed by atoms with Crippen LogP contribution in [-0.4, -0.2) is 56.6 Å². The molecule has 0 radical (unpaired) electrons. The van der Waals surface area contributed by atoms with E-state index < -0.39 is 16.2 Å². The van der Waals surface area contributed by atoms with Gasteiger partial charge in [0.15, 0.2) is 0 Å². The van der Waals surface area contributed by atoms with Crippen molar-refractivity contribution in [1.82, 2.24) is 9.03 Å². The normalized spacial score (nSPS) is 24.9. The summed E-state index contributed by atoms with van der Waals surface area (Å²) < 4.78 is 38.4. The van der Waals surface area contributed by atoms with E-state index in [0.717, 1.165) is 0 Å². The molecule has 20 heavy (non-hydrogen) atoms. The molecular weight excluding hydrogens is 284 g/mol. The van der Waals surface area contributed by atoms with Crippen LogP contribution in [0.2, 0.25) is 0 Å². The maximum absolute atomic E-state index is 12.1. The van der Waals surface area contributed by atoms with E-state index in [1.165, 1.54) is 4.31 Å². The molecule has 0 bridgehead atoms. The van der Waals surface area contributed by atoms with E-state index in [0.29, 0.717) is 13.1 Å². The van der Waals surface area contributed by atoms with Crippen LogP contribution in [0.5, 0.6) is 0 Å². The van der Waals surface area contributed by atoms with Crippen LogP contribution in [0, 0.1) is 0 Å². The van der Waals surface area contributed by atoms with Crippen molar-refractivity contribution in [3.8, 4) is 0 Å². The standard InChI is InChI=1S/C12H24N2O5S/c1-9(2)18-12(15)5-6-13-20(16,17)14-7-10(3)19-11(4)8-14/h9-11,13H,5-8H2,1-4H3/t10-,11+. The topological polar surface area (TPSA) is 84.9 Å². The fourth-order valence-corrected chi connectivity index (χ4v) is 3.38. The van der Waals surface area contributed by atoms with Crippen molar-refractivity contribution in [2.24, 2.45) is 0 Å². The Hall–Kier alpha value is -0.700. The molecule has 1 heterocycles. The third kappa shape index (κ3) is 5.74. The number of carbonyl (C=O) groups is 1. The highest BCUT2D eigenvalue weighted by Crippen LogP contribution is 2.13. The zero-order valence-electron chi connectivity index (χ0n) is 12.5. The lowest BCUT2D eigenvalue weighted by atomic mass is 10.3. The van der Waals surface area contributed by atoms with Crippen molar-refractivity contribution < 1.29 is 22.7 Å². The third-order valence-corrected chi connectivity index (χ3v) is 4.25. The van der Waals surface area contributed by atoms with Gasteiger partial charge in [-0.2, -0.15) is 12.7 Å². The van der Waals surface area contributed by atoms with E-state index in [1.54, 1.807) is 13.8 Å². The van der Waals surface area contributed by atoms with Crippen LogP contribution < -0.4 is 4.72 Å². The Morgan fingerprint density at radius 3 is 2.40 bits per heavy atom. The Balaban J connectivity index is 2.43. The predicted octanol–water partition coefficient (Wildman–Crippen LogP) is 0.272. The van der Waals surface area contributed by atoms with Crippen molar-refractivity contribution in [3.05, 3.63) is 0 Å². The molecule has 118 valence electrons. The van der Waals surface area contributed by atoms with Gasteiger partial charge in [-0.15, -0.1) is 0 Å². The first kappa shape index (κ1) is 17.4. The van der Waals surface area contributed by atoms with Gasteiger partial charge >= 0.3 is 5.97 Å². The number of ether oxygens (including phenoxy) is 2. The SMILES string of the molecule is CC(C)OC(=O)CCNS(=O)(=O)N1C[C@@H](C)O[C@@H](C)C1. The van der Waals surface area contributed by atoms with Crippen LogP contribution in [0.25, 0.3) is 0 Å². The zero-order chi connectivity index (χ0) is 15.3. The second-order valence-electron chi connectivity index (χ2n) is 5.26. The van der Waals surface area contributed by atoms with Crippen LogP contribution in [0.4, 0.5) is 0 Å². The Morgan fingerprint density at radius 1 is 1.35 bits per heavy atom. The second-order valence-corrected chi connectivity index (χ2v) is 7.02. The summed E-state index contributed by atoms with van der Waals surface area (Å²) in [5.74, 6) is -0.411. The smallest absolute Gasteiger partial charge is 0.307 e. The Labute approximate surface area is 120 Å². The van der Waals surface area contributed by atoms with Gasteiger partial charge in [0.2, 0.25) is 0 Å². The third-order valence-electron chi connectivity index (χ3n) is 2.71. The van der Waals surface area contributed by atoms with Crippen LogP contribution in [0.3, 0.4) is 0 Å². The number of carbonyl (C=O) groups excluding carboxylic acids is 1. The van der Waals surface area contributed by atoms with Crippen molar-refractivity contribution in [1.29, 1.82) is 0 Å². The molecule has 1 saturated heterocycles. The molecule has 1 N–H and O–H groups in total. The Kier molecular flexibility index (Phi) is 6.38. The first-order valence-corrected chi connectivity index (χ1v) is 8.24. The molecule has 8 heteroatoms. The van der Waals surface area contributed by atoms with Crippen molar-refractivity contribution in [2.75, 3.05) is 19.6 Å². The molecule has 2 atom stereocenters. The molecule has 1 aliphatic rings. The minimum absolute atomic E-state index is 0.0207. The molecule has 0 spiro atoms. The number of rotatable bonds is 6.